The molecule has 1 amide bonds. The summed E-state index contributed by atoms with van der Waals surface area (Å²) >= 11 is 0. The number of carbonyl (C=O) groups is 3. The molecule has 0 aromatic carbocycles. The number of nitrogens with one attached hydrogen (secondary N) is 2. The number of nitrogens with zero attached hydrogens (tertiary/aromatic N) is 2. The van der Waals surface area contributed by atoms with E-state index in [1.807, 2.05) is 13.8 Å². The van der Waals surface area contributed by atoms with Gasteiger partial charge >= 0.3 is 7.12 Å². The first-order valence-electron chi connectivity index (χ1n) is 11.3. The molecule has 34 heavy (non-hydrogen) atoms. The van der Waals surface area contributed by atoms with Crippen molar-refractivity contribution in [3.05, 3.63) is 10.1 Å². The number of carbonyl (C=O) groups excluding carboxylic acids is 3. The Morgan fingerprint density at radius 2 is 1.74 bits per heavy atom. The zero-order valence-corrected chi connectivity index (χ0v) is 19.8. The molecular weight excluding hydrogens is 445 g/mol. The van der Waals surface area contributed by atoms with Gasteiger partial charge in [-0.15, -0.1) is 0 Å². The van der Waals surface area contributed by atoms with E-state index in [2.05, 4.69) is 10.3 Å². The number of guanidine groups is 1. The summed E-state index contributed by atoms with van der Waals surface area (Å²) in [6, 6.07) is 0. The summed E-state index contributed by atoms with van der Waals surface area (Å²) in [7, 11) is -1.73. The van der Waals surface area contributed by atoms with Crippen LogP contribution in [0.4, 0.5) is 0 Å². The van der Waals surface area contributed by atoms with E-state index < -0.39 is 29.9 Å². The van der Waals surface area contributed by atoms with Crippen LogP contribution in [0.3, 0.4) is 0 Å². The number of nitro groups is 1. The first-order valence-corrected chi connectivity index (χ1v) is 11.3. The highest BCUT2D eigenvalue weighted by atomic mass is 16.7. The van der Waals surface area contributed by atoms with Gasteiger partial charge in [-0.25, -0.2) is 15.1 Å². The number of ketones is 2. The quantitative estimate of drug-likeness (QED) is 0.0470. The number of hydrogen-bond acceptors (Lipinski definition) is 8. The van der Waals surface area contributed by atoms with Gasteiger partial charge < -0.3 is 25.9 Å². The van der Waals surface area contributed by atoms with Gasteiger partial charge in [0.15, 0.2) is 5.03 Å². The lowest BCUT2D eigenvalue weighted by atomic mass is 9.74. The molecule has 196 valence electrons. The van der Waals surface area contributed by atoms with Gasteiger partial charge in [0.25, 0.3) is 5.96 Å². The van der Waals surface area contributed by atoms with Crippen LogP contribution in [0.5, 0.6) is 0 Å². The van der Waals surface area contributed by atoms with Crippen LogP contribution in [0.25, 0.3) is 0 Å². The van der Waals surface area contributed by atoms with Crippen molar-refractivity contribution in [1.82, 2.24) is 10.7 Å². The highest BCUT2D eigenvalue weighted by molar-refractivity contribution is 6.43. The molecular formula is C21H42BN5O7. The van der Waals surface area contributed by atoms with Gasteiger partial charge in [-0.2, -0.15) is 0 Å². The first-order chi connectivity index (χ1) is 15.4. The second kappa shape index (κ2) is 18.8. The molecule has 0 fully saturated rings. The van der Waals surface area contributed by atoms with Crippen molar-refractivity contribution < 1.29 is 29.5 Å². The van der Waals surface area contributed by atoms with Crippen molar-refractivity contribution in [3.63, 3.8) is 0 Å². The number of nitrogens with two attached hydrogens (primary N) is 1. The van der Waals surface area contributed by atoms with Crippen molar-refractivity contribution >= 4 is 30.6 Å². The lowest BCUT2D eigenvalue weighted by molar-refractivity contribution is -0.525. The van der Waals surface area contributed by atoms with Gasteiger partial charge in [0, 0.05) is 31.7 Å². The molecule has 0 aliphatic heterocycles. The fourth-order valence-corrected chi connectivity index (χ4v) is 3.31. The van der Waals surface area contributed by atoms with E-state index in [9.17, 15) is 34.5 Å². The van der Waals surface area contributed by atoms with Gasteiger partial charge in [0.05, 0.1) is 5.94 Å². The van der Waals surface area contributed by atoms with Crippen LogP contribution < -0.4 is 16.5 Å². The van der Waals surface area contributed by atoms with E-state index in [1.54, 1.807) is 5.43 Å². The van der Waals surface area contributed by atoms with Gasteiger partial charge in [-0.05, 0) is 44.9 Å². The molecule has 0 saturated carbocycles. The number of rotatable bonds is 18. The highest BCUT2D eigenvalue weighted by Crippen LogP contribution is 2.17. The van der Waals surface area contributed by atoms with Gasteiger partial charge in [-0.3, -0.25) is 9.59 Å². The second-order valence-corrected chi connectivity index (χ2v) is 8.64. The van der Waals surface area contributed by atoms with E-state index in [4.69, 9.17) is 5.73 Å². The van der Waals surface area contributed by atoms with E-state index >= 15 is 0 Å². The van der Waals surface area contributed by atoms with Crippen LogP contribution in [0, 0.1) is 22.0 Å². The van der Waals surface area contributed by atoms with Crippen LogP contribution in [0.1, 0.15) is 86.0 Å². The van der Waals surface area contributed by atoms with Crippen molar-refractivity contribution in [2.75, 3.05) is 6.54 Å². The molecule has 2 atom stereocenters. The summed E-state index contributed by atoms with van der Waals surface area (Å²) in [5.41, 5.74) is 7.09. The molecule has 6 N–H and O–H groups in total. The molecule has 0 aliphatic carbocycles. The lowest BCUT2D eigenvalue weighted by Gasteiger charge is -2.23. The summed E-state index contributed by atoms with van der Waals surface area (Å²) in [6.45, 7) is 5.41. The standard InChI is InChI=1S/C20H38BN5O7.CH4/c1-14(2)12-18(21(30)31)24-19(29)16(9-7-11-23-20(22)25-26(32)33)13-17(28)10-6-4-5-8-15(3)27;/h14,16,18,30-31H,4-13H2,1-3H3,(H,24,29)(H3,22,23,25);1H4/t16-,18+;/m1./s1. The molecule has 0 saturated heterocycles. The van der Waals surface area contributed by atoms with Crippen LogP contribution in [0.2, 0.25) is 0 Å². The second-order valence-electron chi connectivity index (χ2n) is 8.64. The monoisotopic (exact) mass is 487 g/mol. The molecule has 0 heterocycles. The Bertz CT molecular complexity index is 674. The molecule has 0 aromatic rings. The first kappa shape index (κ1) is 33.6. The molecule has 0 rings (SSSR count). The fourth-order valence-electron chi connectivity index (χ4n) is 3.31. The van der Waals surface area contributed by atoms with Crippen molar-refractivity contribution in [2.24, 2.45) is 22.6 Å². The minimum atomic E-state index is -1.73. The van der Waals surface area contributed by atoms with E-state index in [-0.39, 0.29) is 56.7 Å². The van der Waals surface area contributed by atoms with E-state index in [1.165, 1.54) is 6.92 Å². The molecule has 0 radical (unpaired) electrons. The molecule has 13 heteroatoms. The van der Waals surface area contributed by atoms with Crippen molar-refractivity contribution in [1.29, 1.82) is 0 Å². The summed E-state index contributed by atoms with van der Waals surface area (Å²) in [5.74, 6) is -2.26. The topological polar surface area (TPSA) is 197 Å². The summed E-state index contributed by atoms with van der Waals surface area (Å²) in [4.78, 5) is 50.4. The Kier molecular flexibility index (Phi) is 18.6. The summed E-state index contributed by atoms with van der Waals surface area (Å²) < 4.78 is 0. The Hall–Kier alpha value is -2.54. The predicted octanol–water partition coefficient (Wildman–Crippen LogP) is 1.16. The van der Waals surface area contributed by atoms with Crippen LogP contribution in [0.15, 0.2) is 4.99 Å². The van der Waals surface area contributed by atoms with Crippen LogP contribution in [-0.4, -0.2) is 58.1 Å². The van der Waals surface area contributed by atoms with Crippen LogP contribution in [-0.2, 0) is 14.4 Å². The number of hydrazine groups is 1. The highest BCUT2D eigenvalue weighted by Gasteiger charge is 2.29. The zero-order chi connectivity index (χ0) is 25.4. The van der Waals surface area contributed by atoms with Crippen LogP contribution >= 0.6 is 0 Å². The maximum atomic E-state index is 12.8. The van der Waals surface area contributed by atoms with E-state index in [0.717, 1.165) is 12.8 Å². The Morgan fingerprint density at radius 3 is 2.26 bits per heavy atom. The van der Waals surface area contributed by atoms with Gasteiger partial charge in [-0.1, -0.05) is 33.1 Å². The van der Waals surface area contributed by atoms with Gasteiger partial charge in [0.1, 0.15) is 11.6 Å². The minimum absolute atomic E-state index is 0. The van der Waals surface area contributed by atoms with E-state index in [0.29, 0.717) is 25.7 Å². The predicted molar refractivity (Wildman–Crippen MR) is 131 cm³/mol. The molecule has 12 nitrogen and oxygen atoms in total. The molecule has 0 unspecified atom stereocenters. The largest absolute Gasteiger partial charge is 0.475 e. The molecule has 0 aliphatic rings. The summed E-state index contributed by atoms with van der Waals surface area (Å²) in [6.07, 6.45) is 3.82. The average Bonchev–Trinajstić information content (AvgIpc) is 2.68. The third-order valence-electron chi connectivity index (χ3n) is 4.94. The smallest absolute Gasteiger partial charge is 0.426 e. The number of Topliss-reactive ketones (excluding diaryl/α,β-unsaturated/α-hetero) is 2. The van der Waals surface area contributed by atoms with Gasteiger partial charge in [0.2, 0.25) is 5.91 Å². The van der Waals surface area contributed by atoms with Crippen molar-refractivity contribution in [3.8, 4) is 0 Å². The normalized spacial score (nSPS) is 12.9. The SMILES string of the molecule is C.CC(=O)CCCCCC(=O)C[C@@H](CCCN=C(N)N[N+](=O)[O-])C(=O)N[C@@H](CC(C)C)B(O)O. The number of amides is 1. The number of aliphatic imine (C=N–C) groups is 1. The summed E-state index contributed by atoms with van der Waals surface area (Å²) in [5, 5.41) is 31.3. The third kappa shape index (κ3) is 18.0. The minimum Gasteiger partial charge on any atom is -0.426 e. The molecule has 0 bridgehead atoms. The average molecular weight is 487 g/mol. The maximum absolute atomic E-state index is 12.8. The third-order valence-corrected chi connectivity index (χ3v) is 4.94. The molecule has 0 spiro atoms. The maximum Gasteiger partial charge on any atom is 0.475 e. The number of unbranched alkanes of at least 4 members (excludes halogenated alkanes) is 2. The Balaban J connectivity index is 0. The fraction of sp³-hybridized carbons (Fsp3) is 0.810. The van der Waals surface area contributed by atoms with Crippen molar-refractivity contribution in [2.45, 2.75) is 91.9 Å². The lowest BCUT2D eigenvalue weighted by Crippen LogP contribution is -2.49. The molecule has 0 aromatic heterocycles. The zero-order valence-electron chi connectivity index (χ0n) is 19.8. The Labute approximate surface area is 202 Å². The Morgan fingerprint density at radius 1 is 1.12 bits per heavy atom. The number of hydrogen-bond donors (Lipinski definition) is 5.